The second-order valence-corrected chi connectivity index (χ2v) is 2.92. The molecule has 0 fully saturated rings. The number of phenolic OH excluding ortho intramolecular Hbond substituents is 2. The van der Waals surface area contributed by atoms with E-state index in [4.69, 9.17) is 9.84 Å². The summed E-state index contributed by atoms with van der Waals surface area (Å²) in [6.45, 7) is 0.710. The minimum atomic E-state index is -0.0736. The molecule has 13 heavy (non-hydrogen) atoms. The zero-order valence-electron chi connectivity index (χ0n) is 7.66. The molecule has 0 aromatic heterocycles. The standard InChI is InChI=1S/C10H14O3/c1-13-6-2-3-8-4-5-9(11)10(12)7-8/h4-5,7,11-12H,2-3,6H2,1H3. The van der Waals surface area contributed by atoms with E-state index in [0.717, 1.165) is 18.4 Å². The van der Waals surface area contributed by atoms with Gasteiger partial charge in [0.2, 0.25) is 0 Å². The zero-order chi connectivity index (χ0) is 9.68. The predicted molar refractivity (Wildman–Crippen MR) is 50.0 cm³/mol. The maximum absolute atomic E-state index is 9.18. The molecule has 1 aromatic rings. The summed E-state index contributed by atoms with van der Waals surface area (Å²) >= 11 is 0. The van der Waals surface area contributed by atoms with Crippen LogP contribution >= 0.6 is 0 Å². The van der Waals surface area contributed by atoms with Gasteiger partial charge in [0.15, 0.2) is 11.5 Å². The van der Waals surface area contributed by atoms with Crippen LogP contribution in [-0.2, 0) is 11.2 Å². The maximum atomic E-state index is 9.18. The van der Waals surface area contributed by atoms with Gasteiger partial charge in [-0.25, -0.2) is 0 Å². The van der Waals surface area contributed by atoms with Crippen molar-refractivity contribution in [3.8, 4) is 11.5 Å². The fraction of sp³-hybridized carbons (Fsp3) is 0.400. The molecule has 0 amide bonds. The second kappa shape index (κ2) is 4.72. The zero-order valence-corrected chi connectivity index (χ0v) is 7.66. The number of hydrogen-bond donors (Lipinski definition) is 2. The Morgan fingerprint density at radius 2 is 2.00 bits per heavy atom. The lowest BCUT2D eigenvalue weighted by Crippen LogP contribution is -1.92. The summed E-state index contributed by atoms with van der Waals surface area (Å²) in [5.74, 6) is -0.134. The van der Waals surface area contributed by atoms with Crippen molar-refractivity contribution in [1.29, 1.82) is 0 Å². The van der Waals surface area contributed by atoms with Crippen molar-refractivity contribution >= 4 is 0 Å². The summed E-state index contributed by atoms with van der Waals surface area (Å²) in [6, 6.07) is 4.87. The monoisotopic (exact) mass is 182 g/mol. The van der Waals surface area contributed by atoms with Gasteiger partial charge in [-0.15, -0.1) is 0 Å². The Balaban J connectivity index is 2.53. The Labute approximate surface area is 77.6 Å². The maximum Gasteiger partial charge on any atom is 0.157 e. The van der Waals surface area contributed by atoms with Gasteiger partial charge < -0.3 is 14.9 Å². The van der Waals surface area contributed by atoms with Crippen LogP contribution in [0, 0.1) is 0 Å². The molecular formula is C10H14O3. The smallest absolute Gasteiger partial charge is 0.157 e. The van der Waals surface area contributed by atoms with Crippen molar-refractivity contribution in [2.45, 2.75) is 12.8 Å². The highest BCUT2D eigenvalue weighted by molar-refractivity contribution is 5.40. The van der Waals surface area contributed by atoms with Crippen molar-refractivity contribution in [2.24, 2.45) is 0 Å². The molecular weight excluding hydrogens is 168 g/mol. The number of methoxy groups -OCH3 is 1. The number of aromatic hydroxyl groups is 2. The van der Waals surface area contributed by atoms with E-state index in [1.165, 1.54) is 6.07 Å². The Bertz CT molecular complexity index is 271. The van der Waals surface area contributed by atoms with Crippen LogP contribution in [0.5, 0.6) is 11.5 Å². The first kappa shape index (κ1) is 9.86. The number of hydrogen-bond acceptors (Lipinski definition) is 3. The third-order valence-electron chi connectivity index (χ3n) is 1.85. The third-order valence-corrected chi connectivity index (χ3v) is 1.85. The first-order chi connectivity index (χ1) is 6.24. The summed E-state index contributed by atoms with van der Waals surface area (Å²) in [4.78, 5) is 0. The molecule has 0 saturated heterocycles. The molecule has 3 heteroatoms. The van der Waals surface area contributed by atoms with Gasteiger partial charge in [-0.3, -0.25) is 0 Å². The minimum absolute atomic E-state index is 0.0603. The first-order valence-electron chi connectivity index (χ1n) is 4.24. The van der Waals surface area contributed by atoms with Crippen LogP contribution in [-0.4, -0.2) is 23.9 Å². The summed E-state index contributed by atoms with van der Waals surface area (Å²) in [5, 5.41) is 18.2. The molecule has 0 unspecified atom stereocenters. The molecule has 2 N–H and O–H groups in total. The Morgan fingerprint density at radius 1 is 1.23 bits per heavy atom. The molecule has 0 radical (unpaired) electrons. The summed E-state index contributed by atoms with van der Waals surface area (Å²) in [5.41, 5.74) is 1.01. The Hall–Kier alpha value is -1.22. The molecule has 0 heterocycles. The molecule has 1 aromatic carbocycles. The molecule has 0 aliphatic carbocycles. The highest BCUT2D eigenvalue weighted by Crippen LogP contribution is 2.25. The number of phenols is 2. The van der Waals surface area contributed by atoms with Crippen LogP contribution in [0.25, 0.3) is 0 Å². The molecule has 0 spiro atoms. The first-order valence-corrected chi connectivity index (χ1v) is 4.24. The van der Waals surface area contributed by atoms with Crippen molar-refractivity contribution in [3.63, 3.8) is 0 Å². The second-order valence-electron chi connectivity index (χ2n) is 2.92. The minimum Gasteiger partial charge on any atom is -0.504 e. The van der Waals surface area contributed by atoms with Crippen LogP contribution in [0.4, 0.5) is 0 Å². The lowest BCUT2D eigenvalue weighted by molar-refractivity contribution is 0.195. The van der Waals surface area contributed by atoms with E-state index in [1.54, 1.807) is 19.2 Å². The van der Waals surface area contributed by atoms with Gasteiger partial charge in [-0.2, -0.15) is 0 Å². The van der Waals surface area contributed by atoms with Gasteiger partial charge in [-0.1, -0.05) is 6.07 Å². The lowest BCUT2D eigenvalue weighted by Gasteiger charge is -2.02. The highest BCUT2D eigenvalue weighted by atomic mass is 16.5. The van der Waals surface area contributed by atoms with Gasteiger partial charge in [0, 0.05) is 13.7 Å². The van der Waals surface area contributed by atoms with E-state index in [2.05, 4.69) is 0 Å². The van der Waals surface area contributed by atoms with E-state index in [9.17, 15) is 5.11 Å². The largest absolute Gasteiger partial charge is 0.504 e. The summed E-state index contributed by atoms with van der Waals surface area (Å²) in [6.07, 6.45) is 1.77. The molecule has 0 atom stereocenters. The average molecular weight is 182 g/mol. The SMILES string of the molecule is COCCCc1ccc(O)c(O)c1. The normalized spacial score (nSPS) is 10.2. The molecule has 0 saturated carbocycles. The van der Waals surface area contributed by atoms with Crippen molar-refractivity contribution in [1.82, 2.24) is 0 Å². The van der Waals surface area contributed by atoms with Gasteiger partial charge in [0.05, 0.1) is 0 Å². The fourth-order valence-corrected chi connectivity index (χ4v) is 1.15. The van der Waals surface area contributed by atoms with Gasteiger partial charge in [-0.05, 0) is 30.5 Å². The van der Waals surface area contributed by atoms with Crippen LogP contribution in [0.1, 0.15) is 12.0 Å². The summed E-state index contributed by atoms with van der Waals surface area (Å²) < 4.78 is 4.91. The van der Waals surface area contributed by atoms with E-state index >= 15 is 0 Å². The van der Waals surface area contributed by atoms with Crippen LogP contribution in [0.3, 0.4) is 0 Å². The number of benzene rings is 1. The molecule has 0 aliphatic heterocycles. The topological polar surface area (TPSA) is 49.7 Å². The molecule has 3 nitrogen and oxygen atoms in total. The van der Waals surface area contributed by atoms with Crippen LogP contribution in [0.2, 0.25) is 0 Å². The van der Waals surface area contributed by atoms with Crippen molar-refractivity contribution < 1.29 is 14.9 Å². The van der Waals surface area contributed by atoms with E-state index in [-0.39, 0.29) is 11.5 Å². The number of aryl methyl sites for hydroxylation is 1. The van der Waals surface area contributed by atoms with Gasteiger partial charge in [0.1, 0.15) is 0 Å². The Morgan fingerprint density at radius 3 is 2.62 bits per heavy atom. The summed E-state index contributed by atoms with van der Waals surface area (Å²) in [7, 11) is 1.66. The van der Waals surface area contributed by atoms with Crippen molar-refractivity contribution in [3.05, 3.63) is 23.8 Å². The van der Waals surface area contributed by atoms with E-state index < -0.39 is 0 Å². The van der Waals surface area contributed by atoms with Gasteiger partial charge in [0.25, 0.3) is 0 Å². The van der Waals surface area contributed by atoms with Crippen LogP contribution < -0.4 is 0 Å². The Kier molecular flexibility index (Phi) is 3.58. The number of rotatable bonds is 4. The van der Waals surface area contributed by atoms with E-state index in [1.807, 2.05) is 0 Å². The third kappa shape index (κ3) is 2.95. The average Bonchev–Trinajstić information content (AvgIpc) is 2.12. The fourth-order valence-electron chi connectivity index (χ4n) is 1.15. The molecule has 1 rings (SSSR count). The lowest BCUT2D eigenvalue weighted by atomic mass is 10.1. The molecule has 72 valence electrons. The van der Waals surface area contributed by atoms with E-state index in [0.29, 0.717) is 6.61 Å². The number of ether oxygens (including phenoxy) is 1. The van der Waals surface area contributed by atoms with Gasteiger partial charge >= 0.3 is 0 Å². The van der Waals surface area contributed by atoms with Crippen LogP contribution in [0.15, 0.2) is 18.2 Å². The van der Waals surface area contributed by atoms with Crippen molar-refractivity contribution in [2.75, 3.05) is 13.7 Å². The molecule has 0 bridgehead atoms. The highest BCUT2D eigenvalue weighted by Gasteiger charge is 1.99. The quantitative estimate of drug-likeness (QED) is 0.550. The molecule has 0 aliphatic rings. The predicted octanol–water partition coefficient (Wildman–Crippen LogP) is 1.68.